The van der Waals surface area contributed by atoms with Crippen molar-refractivity contribution in [3.8, 4) is 11.4 Å². The van der Waals surface area contributed by atoms with E-state index in [1.54, 1.807) is 28.7 Å². The molecule has 0 radical (unpaired) electrons. The molecule has 0 saturated heterocycles. The Morgan fingerprint density at radius 2 is 2.00 bits per heavy atom. The molecule has 0 unspecified atom stereocenters. The quantitative estimate of drug-likeness (QED) is 0.357. The number of cyclic esters (lactones) is 1. The van der Waals surface area contributed by atoms with Crippen molar-refractivity contribution in [1.82, 2.24) is 14.5 Å². The van der Waals surface area contributed by atoms with Crippen molar-refractivity contribution in [2.45, 2.75) is 38.5 Å². The van der Waals surface area contributed by atoms with Gasteiger partial charge in [-0.1, -0.05) is 19.1 Å². The average Bonchev–Trinajstić information content (AvgIpc) is 3.30. The summed E-state index contributed by atoms with van der Waals surface area (Å²) in [6.45, 7) is 2.05. The maximum atomic E-state index is 13.6. The van der Waals surface area contributed by atoms with E-state index >= 15 is 0 Å². The van der Waals surface area contributed by atoms with E-state index < -0.39 is 11.6 Å². The topological polar surface area (TPSA) is 127 Å². The van der Waals surface area contributed by atoms with Crippen LogP contribution in [0, 0.1) is 0 Å². The second-order valence-corrected chi connectivity index (χ2v) is 9.74. The number of esters is 1. The molecule has 3 aliphatic heterocycles. The van der Waals surface area contributed by atoms with Gasteiger partial charge in [-0.05, 0) is 36.8 Å². The molecule has 7 rings (SSSR count). The molecular formula is C28H23N5O5. The number of rotatable bonds is 4. The number of hydrogen-bond donors (Lipinski definition) is 2. The van der Waals surface area contributed by atoms with Crippen molar-refractivity contribution in [1.29, 1.82) is 0 Å². The minimum Gasteiger partial charge on any atom is -0.458 e. The van der Waals surface area contributed by atoms with Crippen LogP contribution < -0.4 is 15.8 Å². The molecule has 1 atom stereocenters. The Labute approximate surface area is 216 Å². The zero-order chi connectivity index (χ0) is 26.2. The number of carbonyl (C=O) groups is 2. The van der Waals surface area contributed by atoms with Crippen molar-refractivity contribution in [2.75, 3.05) is 16.8 Å². The monoisotopic (exact) mass is 509 g/mol. The molecule has 4 aromatic rings. The van der Waals surface area contributed by atoms with Crippen LogP contribution in [-0.4, -0.2) is 38.2 Å². The van der Waals surface area contributed by atoms with Gasteiger partial charge in [-0.2, -0.15) is 0 Å². The van der Waals surface area contributed by atoms with Gasteiger partial charge >= 0.3 is 12.0 Å². The van der Waals surface area contributed by atoms with Crippen LogP contribution in [0.1, 0.15) is 35.7 Å². The summed E-state index contributed by atoms with van der Waals surface area (Å²) in [4.78, 5) is 50.5. The summed E-state index contributed by atoms with van der Waals surface area (Å²) in [5.41, 5.74) is 2.97. The highest BCUT2D eigenvalue weighted by Gasteiger charge is 2.46. The number of anilines is 2. The van der Waals surface area contributed by atoms with Gasteiger partial charge in [0.2, 0.25) is 0 Å². The van der Waals surface area contributed by atoms with Gasteiger partial charge in [0.1, 0.15) is 6.61 Å². The fourth-order valence-corrected chi connectivity index (χ4v) is 5.78. The third-order valence-electron chi connectivity index (χ3n) is 7.76. The van der Waals surface area contributed by atoms with Gasteiger partial charge in [-0.3, -0.25) is 14.7 Å². The van der Waals surface area contributed by atoms with Crippen LogP contribution in [-0.2, 0) is 34.7 Å². The SMILES string of the molecule is CC[C@@]1(O)C(=O)OCc2c1cc1n(c2=O)Cc2c-1nc1cccc3c1c2N(CCc1ccccn1)C(=O)N3. The predicted octanol–water partition coefficient (Wildman–Crippen LogP) is 3.07. The van der Waals surface area contributed by atoms with E-state index in [0.29, 0.717) is 41.2 Å². The van der Waals surface area contributed by atoms with Crippen LogP contribution in [0.3, 0.4) is 0 Å². The number of amides is 2. The molecule has 3 aromatic heterocycles. The fourth-order valence-electron chi connectivity index (χ4n) is 5.78. The van der Waals surface area contributed by atoms with Crippen LogP contribution in [0.15, 0.2) is 53.5 Å². The molecule has 10 nitrogen and oxygen atoms in total. The standard InChI is InChI=1S/C28H23N5O5/c1-2-28(37)18-12-21-23-16(13-33(21)25(34)17(18)14-38-26(28)35)24-22-19(30-23)7-5-8-20(22)31-27(36)32(24)11-9-15-6-3-4-10-29-15/h3-8,10,12,37H,2,9,11,13-14H2,1H3,(H,31,36)/t28-/m0/s1. The fraction of sp³-hybridized carbons (Fsp3) is 0.250. The zero-order valence-electron chi connectivity index (χ0n) is 20.5. The predicted molar refractivity (Wildman–Crippen MR) is 139 cm³/mol. The number of aromatic nitrogens is 3. The van der Waals surface area contributed by atoms with E-state index in [1.165, 1.54) is 0 Å². The molecule has 0 spiro atoms. The molecule has 6 heterocycles. The van der Waals surface area contributed by atoms with Gasteiger partial charge in [0.15, 0.2) is 5.60 Å². The number of hydrogen-bond acceptors (Lipinski definition) is 7. The average molecular weight is 510 g/mol. The third-order valence-corrected chi connectivity index (χ3v) is 7.76. The molecule has 1 aromatic carbocycles. The van der Waals surface area contributed by atoms with E-state index in [9.17, 15) is 19.5 Å². The normalized spacial score (nSPS) is 19.1. The third kappa shape index (κ3) is 3.00. The Balaban J connectivity index is 1.44. The molecule has 0 fully saturated rings. The summed E-state index contributed by atoms with van der Waals surface area (Å²) in [7, 11) is 0. The van der Waals surface area contributed by atoms with Gasteiger partial charge in [-0.25, -0.2) is 14.6 Å². The first-order chi connectivity index (χ1) is 18.4. The van der Waals surface area contributed by atoms with Crippen molar-refractivity contribution >= 4 is 34.3 Å². The van der Waals surface area contributed by atoms with Gasteiger partial charge in [0.25, 0.3) is 5.56 Å². The highest BCUT2D eigenvalue weighted by molar-refractivity contribution is 6.19. The number of carbonyl (C=O) groups excluding carboxylic acids is 2. The molecule has 0 saturated carbocycles. The lowest BCUT2D eigenvalue weighted by molar-refractivity contribution is -0.172. The number of fused-ring (bicyclic) bond motifs is 5. The lowest BCUT2D eigenvalue weighted by Crippen LogP contribution is -2.44. The maximum Gasteiger partial charge on any atom is 0.343 e. The molecule has 0 aliphatic carbocycles. The molecule has 10 heteroatoms. The smallest absolute Gasteiger partial charge is 0.343 e. The summed E-state index contributed by atoms with van der Waals surface area (Å²) >= 11 is 0. The summed E-state index contributed by atoms with van der Waals surface area (Å²) in [6.07, 6.45) is 2.33. The van der Waals surface area contributed by atoms with Crippen LogP contribution in [0.5, 0.6) is 0 Å². The van der Waals surface area contributed by atoms with Crippen LogP contribution in [0.25, 0.3) is 22.3 Å². The van der Waals surface area contributed by atoms with Gasteiger partial charge in [0, 0.05) is 41.4 Å². The molecule has 190 valence electrons. The van der Waals surface area contributed by atoms with E-state index in [4.69, 9.17) is 9.72 Å². The first-order valence-corrected chi connectivity index (χ1v) is 12.5. The van der Waals surface area contributed by atoms with Crippen molar-refractivity contribution in [3.63, 3.8) is 0 Å². The first-order valence-electron chi connectivity index (χ1n) is 12.5. The second kappa shape index (κ2) is 7.96. The Morgan fingerprint density at radius 3 is 2.79 bits per heavy atom. The van der Waals surface area contributed by atoms with Crippen LogP contribution in [0.2, 0.25) is 0 Å². The Morgan fingerprint density at radius 1 is 1.13 bits per heavy atom. The number of benzene rings is 1. The number of pyridine rings is 3. The number of ether oxygens (including phenoxy) is 1. The highest BCUT2D eigenvalue weighted by atomic mass is 16.6. The lowest BCUT2D eigenvalue weighted by Gasteiger charge is -2.31. The number of nitrogens with one attached hydrogen (secondary N) is 1. The molecule has 2 N–H and O–H groups in total. The number of nitrogens with zero attached hydrogens (tertiary/aromatic N) is 4. The van der Waals surface area contributed by atoms with E-state index in [-0.39, 0.29) is 42.3 Å². The zero-order valence-corrected chi connectivity index (χ0v) is 20.5. The number of aliphatic hydroxyl groups is 1. The Hall–Kier alpha value is -4.57. The minimum absolute atomic E-state index is 0.0653. The molecular weight excluding hydrogens is 486 g/mol. The largest absolute Gasteiger partial charge is 0.458 e. The minimum atomic E-state index is -1.90. The van der Waals surface area contributed by atoms with Crippen molar-refractivity contribution < 1.29 is 19.4 Å². The highest BCUT2D eigenvalue weighted by Crippen LogP contribution is 2.46. The van der Waals surface area contributed by atoms with E-state index in [2.05, 4.69) is 10.3 Å². The van der Waals surface area contributed by atoms with E-state index in [1.807, 2.05) is 36.4 Å². The summed E-state index contributed by atoms with van der Waals surface area (Å²) in [5, 5.41) is 14.9. The molecule has 0 bridgehead atoms. The summed E-state index contributed by atoms with van der Waals surface area (Å²) in [5.74, 6) is -0.765. The molecule has 38 heavy (non-hydrogen) atoms. The summed E-state index contributed by atoms with van der Waals surface area (Å²) in [6, 6.07) is 12.6. The molecule has 2 amide bonds. The van der Waals surface area contributed by atoms with Gasteiger partial charge < -0.3 is 19.7 Å². The van der Waals surface area contributed by atoms with Gasteiger partial charge in [0.05, 0.1) is 40.4 Å². The van der Waals surface area contributed by atoms with Crippen molar-refractivity contribution in [2.24, 2.45) is 0 Å². The number of urea groups is 1. The Bertz CT molecular complexity index is 1750. The van der Waals surface area contributed by atoms with Crippen molar-refractivity contribution in [3.05, 3.63) is 81.4 Å². The van der Waals surface area contributed by atoms with Crippen LogP contribution in [0.4, 0.5) is 16.2 Å². The summed E-state index contributed by atoms with van der Waals surface area (Å²) < 4.78 is 6.77. The first kappa shape index (κ1) is 22.6. The van der Waals surface area contributed by atoms with E-state index in [0.717, 1.165) is 16.6 Å². The van der Waals surface area contributed by atoms with Crippen LogP contribution >= 0.6 is 0 Å². The van der Waals surface area contributed by atoms with Gasteiger partial charge in [-0.15, -0.1) is 0 Å². The molecule has 3 aliphatic rings. The second-order valence-electron chi connectivity index (χ2n) is 9.74. The lowest BCUT2D eigenvalue weighted by atomic mass is 9.86. The maximum absolute atomic E-state index is 13.6. The Kier molecular flexibility index (Phi) is 4.74.